The molecule has 1 aromatic heterocycles. The van der Waals surface area contributed by atoms with Crippen LogP contribution in [-0.4, -0.2) is 20.9 Å². The molecule has 0 amide bonds. The van der Waals surface area contributed by atoms with Crippen molar-refractivity contribution >= 4 is 11.7 Å². The predicted molar refractivity (Wildman–Crippen MR) is 73.3 cm³/mol. The molecule has 5 nitrogen and oxygen atoms in total. The summed E-state index contributed by atoms with van der Waals surface area (Å²) in [6.45, 7) is 2.40. The second kappa shape index (κ2) is 5.73. The standard InChI is InChI=1S/C14H16FN3O2/c1-3-12-10(8-18(2)17-12)7-16-13-6-9(14(19)20)4-5-11(13)15/h4-6,8,16H,3,7H2,1-2H3,(H,19,20). The van der Waals surface area contributed by atoms with Gasteiger partial charge in [0.25, 0.3) is 0 Å². The Bertz CT molecular complexity index is 637. The third-order valence-corrected chi connectivity index (χ3v) is 3.01. The molecule has 6 heteroatoms. The molecule has 0 radical (unpaired) electrons. The summed E-state index contributed by atoms with van der Waals surface area (Å²) in [7, 11) is 1.83. The number of carboxylic acids is 1. The predicted octanol–water partition coefficient (Wildman–Crippen LogP) is 2.43. The van der Waals surface area contributed by atoms with Crippen molar-refractivity contribution in [3.05, 3.63) is 47.0 Å². The molecular weight excluding hydrogens is 261 g/mol. The second-order valence-corrected chi connectivity index (χ2v) is 4.48. The highest BCUT2D eigenvalue weighted by molar-refractivity contribution is 5.88. The summed E-state index contributed by atoms with van der Waals surface area (Å²) < 4.78 is 15.4. The maximum atomic E-state index is 13.6. The van der Waals surface area contributed by atoms with Gasteiger partial charge < -0.3 is 10.4 Å². The van der Waals surface area contributed by atoms with Crippen molar-refractivity contribution in [3.8, 4) is 0 Å². The lowest BCUT2D eigenvalue weighted by Crippen LogP contribution is -2.05. The largest absolute Gasteiger partial charge is 0.478 e. The Morgan fingerprint density at radius 2 is 2.25 bits per heavy atom. The molecule has 1 heterocycles. The van der Waals surface area contributed by atoms with Gasteiger partial charge in [0, 0.05) is 25.4 Å². The number of benzene rings is 1. The minimum atomic E-state index is -1.08. The van der Waals surface area contributed by atoms with Crippen molar-refractivity contribution in [3.63, 3.8) is 0 Å². The van der Waals surface area contributed by atoms with Crippen LogP contribution in [0.15, 0.2) is 24.4 Å². The number of aromatic nitrogens is 2. The molecule has 106 valence electrons. The maximum Gasteiger partial charge on any atom is 0.335 e. The number of aryl methyl sites for hydroxylation is 2. The third kappa shape index (κ3) is 2.96. The van der Waals surface area contributed by atoms with Crippen LogP contribution in [0.4, 0.5) is 10.1 Å². The molecule has 0 atom stereocenters. The zero-order valence-corrected chi connectivity index (χ0v) is 11.4. The van der Waals surface area contributed by atoms with Gasteiger partial charge in [0.05, 0.1) is 16.9 Å². The van der Waals surface area contributed by atoms with E-state index in [0.29, 0.717) is 6.54 Å². The lowest BCUT2D eigenvalue weighted by Gasteiger charge is -2.08. The smallest absolute Gasteiger partial charge is 0.335 e. The third-order valence-electron chi connectivity index (χ3n) is 3.01. The minimum absolute atomic E-state index is 0.0517. The van der Waals surface area contributed by atoms with Gasteiger partial charge in [0.15, 0.2) is 0 Å². The highest BCUT2D eigenvalue weighted by Gasteiger charge is 2.10. The molecular formula is C14H16FN3O2. The molecule has 2 rings (SSSR count). The van der Waals surface area contributed by atoms with Crippen LogP contribution in [0, 0.1) is 5.82 Å². The van der Waals surface area contributed by atoms with Crippen molar-refractivity contribution in [2.24, 2.45) is 7.05 Å². The molecule has 0 saturated carbocycles. The molecule has 1 aromatic carbocycles. The van der Waals surface area contributed by atoms with Crippen molar-refractivity contribution in [1.82, 2.24) is 9.78 Å². The van der Waals surface area contributed by atoms with Gasteiger partial charge in [-0.1, -0.05) is 6.92 Å². The van der Waals surface area contributed by atoms with Gasteiger partial charge in [-0.15, -0.1) is 0 Å². The Morgan fingerprint density at radius 3 is 2.90 bits per heavy atom. The SMILES string of the molecule is CCc1nn(C)cc1CNc1cc(C(=O)O)ccc1F. The summed E-state index contributed by atoms with van der Waals surface area (Å²) in [6, 6.07) is 3.68. The molecule has 0 bridgehead atoms. The number of halogens is 1. The summed E-state index contributed by atoms with van der Waals surface area (Å²) in [6.07, 6.45) is 2.65. The van der Waals surface area contributed by atoms with Crippen LogP contribution >= 0.6 is 0 Å². The molecule has 2 aromatic rings. The number of carboxylic acid groups (broad SMARTS) is 1. The Balaban J connectivity index is 2.18. The van der Waals surface area contributed by atoms with E-state index in [2.05, 4.69) is 10.4 Å². The van der Waals surface area contributed by atoms with Gasteiger partial charge in [0.2, 0.25) is 0 Å². The van der Waals surface area contributed by atoms with Gasteiger partial charge in [-0.05, 0) is 24.6 Å². The van der Waals surface area contributed by atoms with Gasteiger partial charge in [0.1, 0.15) is 5.82 Å². The molecule has 0 aliphatic heterocycles. The van der Waals surface area contributed by atoms with E-state index in [4.69, 9.17) is 5.11 Å². The van der Waals surface area contributed by atoms with Gasteiger partial charge >= 0.3 is 5.97 Å². The number of carbonyl (C=O) groups is 1. The number of hydrogen-bond donors (Lipinski definition) is 2. The fourth-order valence-corrected chi connectivity index (χ4v) is 2.01. The summed E-state index contributed by atoms with van der Waals surface area (Å²) in [5, 5.41) is 16.1. The van der Waals surface area contributed by atoms with E-state index in [1.807, 2.05) is 20.2 Å². The van der Waals surface area contributed by atoms with E-state index in [-0.39, 0.29) is 11.3 Å². The average molecular weight is 277 g/mol. The first kappa shape index (κ1) is 14.0. The monoisotopic (exact) mass is 277 g/mol. The summed E-state index contributed by atoms with van der Waals surface area (Å²) in [5.41, 5.74) is 2.14. The van der Waals surface area contributed by atoms with Crippen LogP contribution in [0.3, 0.4) is 0 Å². The van der Waals surface area contributed by atoms with Crippen molar-refractivity contribution in [2.45, 2.75) is 19.9 Å². The minimum Gasteiger partial charge on any atom is -0.478 e. The van der Waals surface area contributed by atoms with E-state index in [1.54, 1.807) is 4.68 Å². The Morgan fingerprint density at radius 1 is 1.50 bits per heavy atom. The highest BCUT2D eigenvalue weighted by Crippen LogP contribution is 2.18. The first-order chi connectivity index (χ1) is 9.51. The first-order valence-corrected chi connectivity index (χ1v) is 6.29. The fourth-order valence-electron chi connectivity index (χ4n) is 2.01. The van der Waals surface area contributed by atoms with E-state index in [1.165, 1.54) is 12.1 Å². The molecule has 0 fully saturated rings. The highest BCUT2D eigenvalue weighted by atomic mass is 19.1. The van der Waals surface area contributed by atoms with Gasteiger partial charge in [-0.25, -0.2) is 9.18 Å². The van der Waals surface area contributed by atoms with Crippen LogP contribution in [0.25, 0.3) is 0 Å². The van der Waals surface area contributed by atoms with E-state index in [9.17, 15) is 9.18 Å². The number of aromatic carboxylic acids is 1. The Labute approximate surface area is 116 Å². The van der Waals surface area contributed by atoms with Gasteiger partial charge in [-0.2, -0.15) is 5.10 Å². The average Bonchev–Trinajstić information content (AvgIpc) is 2.77. The van der Waals surface area contributed by atoms with Crippen LogP contribution in [0.1, 0.15) is 28.5 Å². The molecule has 0 aliphatic rings. The lowest BCUT2D eigenvalue weighted by atomic mass is 10.1. The van der Waals surface area contributed by atoms with Crippen LogP contribution in [-0.2, 0) is 20.0 Å². The number of rotatable bonds is 5. The van der Waals surface area contributed by atoms with E-state index < -0.39 is 11.8 Å². The topological polar surface area (TPSA) is 67.2 Å². The summed E-state index contributed by atoms with van der Waals surface area (Å²) >= 11 is 0. The molecule has 2 N–H and O–H groups in total. The zero-order valence-electron chi connectivity index (χ0n) is 11.4. The first-order valence-electron chi connectivity index (χ1n) is 6.29. The van der Waals surface area contributed by atoms with E-state index >= 15 is 0 Å². The molecule has 0 unspecified atom stereocenters. The number of anilines is 1. The van der Waals surface area contributed by atoms with Crippen molar-refractivity contribution in [2.75, 3.05) is 5.32 Å². The van der Waals surface area contributed by atoms with Crippen LogP contribution in [0.2, 0.25) is 0 Å². The van der Waals surface area contributed by atoms with Crippen LogP contribution in [0.5, 0.6) is 0 Å². The Kier molecular flexibility index (Phi) is 4.02. The number of nitrogens with zero attached hydrogens (tertiary/aromatic N) is 2. The molecule has 20 heavy (non-hydrogen) atoms. The zero-order chi connectivity index (χ0) is 14.7. The van der Waals surface area contributed by atoms with E-state index in [0.717, 1.165) is 23.7 Å². The van der Waals surface area contributed by atoms with Crippen LogP contribution < -0.4 is 5.32 Å². The lowest BCUT2D eigenvalue weighted by molar-refractivity contribution is 0.0697. The Hall–Kier alpha value is -2.37. The normalized spacial score (nSPS) is 10.6. The summed E-state index contributed by atoms with van der Waals surface area (Å²) in [5.74, 6) is -1.55. The van der Waals surface area contributed by atoms with Crippen molar-refractivity contribution < 1.29 is 14.3 Å². The molecule has 0 saturated heterocycles. The quantitative estimate of drug-likeness (QED) is 0.880. The second-order valence-electron chi connectivity index (χ2n) is 4.48. The fraction of sp³-hybridized carbons (Fsp3) is 0.286. The van der Waals surface area contributed by atoms with Crippen molar-refractivity contribution in [1.29, 1.82) is 0 Å². The summed E-state index contributed by atoms with van der Waals surface area (Å²) in [4.78, 5) is 10.9. The molecule has 0 aliphatic carbocycles. The molecule has 0 spiro atoms. The maximum absolute atomic E-state index is 13.6. The number of hydrogen-bond acceptors (Lipinski definition) is 3. The number of nitrogens with one attached hydrogen (secondary N) is 1. The van der Waals surface area contributed by atoms with Gasteiger partial charge in [-0.3, -0.25) is 4.68 Å².